The van der Waals surface area contributed by atoms with E-state index in [0.717, 1.165) is 116 Å². The number of aromatic hydroxyl groups is 6. The van der Waals surface area contributed by atoms with E-state index in [4.69, 9.17) is 23.2 Å². The Hall–Kier alpha value is -9.96. The van der Waals surface area contributed by atoms with Crippen LogP contribution < -0.4 is 0 Å². The van der Waals surface area contributed by atoms with Crippen molar-refractivity contribution in [1.82, 2.24) is 59.8 Å². The monoisotopic (exact) mass is 1740 g/mol. The third-order valence-corrected chi connectivity index (χ3v) is 19.9. The first-order valence-electron chi connectivity index (χ1n) is 31.3. The summed E-state index contributed by atoms with van der Waals surface area (Å²) in [6.07, 6.45) is 0. The maximum atomic E-state index is 10.0. The molecule has 6 heterocycles. The molecule has 0 amide bonds. The SMILES string of the molecule is Cc1cc(Br)c2nc3ccccc3nc2c1O.Cc1cc(Br)c2nc3ccccc3nc2c1O.Cc1cc(Cl)c2nc3ccccc3nc2c1O.Cc1cc(Cl)c2nc3ccccc3nc2c1O.Cc1cc(I)c2nc3ccccc3nc2c1O.Cc1cc(I)c2nc3ccccc3nc2c1O. The highest BCUT2D eigenvalue weighted by Gasteiger charge is 2.18. The molecule has 0 atom stereocenters. The van der Waals surface area contributed by atoms with Crippen molar-refractivity contribution in [2.24, 2.45) is 0 Å². The van der Waals surface area contributed by atoms with Crippen LogP contribution in [0.15, 0.2) is 191 Å². The van der Waals surface area contributed by atoms with Gasteiger partial charge < -0.3 is 30.6 Å². The summed E-state index contributed by atoms with van der Waals surface area (Å²) in [5.41, 5.74) is 21.3. The number of benzene rings is 12. The summed E-state index contributed by atoms with van der Waals surface area (Å²) in [4.78, 5) is 53.6. The molecule has 0 saturated heterocycles. The number of nitrogens with zero attached hydrogens (tertiary/aromatic N) is 12. The lowest BCUT2D eigenvalue weighted by Crippen LogP contribution is -1.92. The van der Waals surface area contributed by atoms with Crippen molar-refractivity contribution in [3.63, 3.8) is 0 Å². The minimum absolute atomic E-state index is 0.141. The maximum absolute atomic E-state index is 10.0. The van der Waals surface area contributed by atoms with Gasteiger partial charge in [-0.3, -0.25) is 0 Å². The predicted octanol–water partition coefficient (Wildman–Crippen LogP) is 20.8. The van der Waals surface area contributed by atoms with E-state index in [1.54, 1.807) is 26.0 Å². The lowest BCUT2D eigenvalue weighted by molar-refractivity contribution is 0.475. The second-order valence-corrected chi connectivity index (χ2v) is 28.4. The molecule has 6 N–H and O–H groups in total. The minimum atomic E-state index is 0.141. The third-order valence-electron chi connectivity index (χ3n) is 16.4. The lowest BCUT2D eigenvalue weighted by Gasteiger charge is -2.06. The van der Waals surface area contributed by atoms with Crippen LogP contribution in [0.3, 0.4) is 0 Å². The van der Waals surface area contributed by atoms with Gasteiger partial charge in [-0.1, -0.05) is 96.0 Å². The summed E-state index contributed by atoms with van der Waals surface area (Å²) in [5.74, 6) is 1.12. The number of rotatable bonds is 0. The Kier molecular flexibility index (Phi) is 20.4. The van der Waals surface area contributed by atoms with Crippen LogP contribution in [0.2, 0.25) is 10.0 Å². The fraction of sp³-hybridized carbons (Fsp3) is 0.0769. The molecule has 18 nitrogen and oxygen atoms in total. The molecule has 504 valence electrons. The molecule has 6 aromatic heterocycles. The highest BCUT2D eigenvalue weighted by molar-refractivity contribution is 14.1. The summed E-state index contributed by atoms with van der Waals surface area (Å²) in [6, 6.07) is 56.5. The average molecular weight is 1740 g/mol. The fourth-order valence-electron chi connectivity index (χ4n) is 11.1. The number of halogens is 6. The van der Waals surface area contributed by atoms with Gasteiger partial charge in [0, 0.05) is 16.1 Å². The number of para-hydroxylation sites is 12. The Labute approximate surface area is 634 Å². The van der Waals surface area contributed by atoms with E-state index in [-0.39, 0.29) is 34.5 Å². The molecule has 0 aliphatic heterocycles. The molecule has 18 aromatic rings. The largest absolute Gasteiger partial charge is 0.505 e. The van der Waals surface area contributed by atoms with Gasteiger partial charge in [-0.15, -0.1) is 0 Å². The summed E-state index contributed by atoms with van der Waals surface area (Å²) in [6.45, 7) is 11.0. The zero-order valence-electron chi connectivity index (χ0n) is 54.6. The smallest absolute Gasteiger partial charge is 0.146 e. The number of aromatic nitrogens is 12. The van der Waals surface area contributed by atoms with E-state index in [0.29, 0.717) is 76.3 Å². The first-order valence-corrected chi connectivity index (χ1v) is 35.8. The molecule has 12 aromatic carbocycles. The van der Waals surface area contributed by atoms with Crippen molar-refractivity contribution in [2.75, 3.05) is 0 Å². The van der Waals surface area contributed by atoms with Crippen LogP contribution in [0.1, 0.15) is 33.4 Å². The number of aryl methyl sites for hydroxylation is 6. The molecular formula is C78H54Br2Cl2I2N12O6. The molecule has 0 aliphatic rings. The standard InChI is InChI=1S/2C13H9BrN2O.2C13H9ClN2O.2C13H9IN2O/c6*1-7-6-8(14)11-12(13(7)17)16-10-5-3-2-4-9(10)15-11/h6*2-6,17H,1H3. The normalized spacial score (nSPS) is 11.2. The first kappa shape index (κ1) is 70.5. The minimum Gasteiger partial charge on any atom is -0.505 e. The lowest BCUT2D eigenvalue weighted by atomic mass is 10.1. The quantitative estimate of drug-likeness (QED) is 0.0608. The van der Waals surface area contributed by atoms with Crippen molar-refractivity contribution in [3.8, 4) is 34.5 Å². The summed E-state index contributed by atoms with van der Waals surface area (Å²) in [7, 11) is 0. The van der Waals surface area contributed by atoms with Gasteiger partial charge in [0.1, 0.15) is 101 Å². The summed E-state index contributed by atoms with van der Waals surface area (Å²) >= 11 is 23.6. The molecule has 102 heavy (non-hydrogen) atoms. The zero-order valence-corrected chi connectivity index (χ0v) is 63.6. The van der Waals surface area contributed by atoms with Gasteiger partial charge in [-0.2, -0.15) is 0 Å². The Morgan fingerprint density at radius 2 is 0.392 bits per heavy atom. The Morgan fingerprint density at radius 1 is 0.235 bits per heavy atom. The van der Waals surface area contributed by atoms with Gasteiger partial charge in [-0.05, 0) is 261 Å². The zero-order chi connectivity index (χ0) is 71.9. The van der Waals surface area contributed by atoms with E-state index in [1.165, 1.54) is 0 Å². The molecule has 24 heteroatoms. The topological polar surface area (TPSA) is 276 Å². The number of hydrogen-bond donors (Lipinski definition) is 6. The summed E-state index contributed by atoms with van der Waals surface area (Å²) in [5, 5.41) is 61.1. The third kappa shape index (κ3) is 14.2. The Bertz CT molecular complexity index is 5450. The highest BCUT2D eigenvalue weighted by Crippen LogP contribution is 2.38. The molecule has 0 saturated carbocycles. The molecule has 0 radical (unpaired) electrons. The molecule has 0 fully saturated rings. The van der Waals surface area contributed by atoms with E-state index >= 15 is 0 Å². The van der Waals surface area contributed by atoms with Gasteiger partial charge in [0.25, 0.3) is 0 Å². The average Bonchev–Trinajstić information content (AvgIpc) is 0.814. The first-order chi connectivity index (χ1) is 49.0. The van der Waals surface area contributed by atoms with Crippen LogP contribution in [0, 0.1) is 48.7 Å². The number of phenolic OH excluding ortho intramolecular Hbond substituents is 6. The van der Waals surface area contributed by atoms with E-state index < -0.39 is 0 Å². The van der Waals surface area contributed by atoms with Crippen molar-refractivity contribution in [3.05, 3.63) is 242 Å². The van der Waals surface area contributed by atoms with E-state index in [9.17, 15) is 30.6 Å². The molecular weight excluding hydrogens is 1690 g/mol. The number of phenols is 6. The number of hydrogen-bond acceptors (Lipinski definition) is 18. The van der Waals surface area contributed by atoms with Crippen LogP contribution in [0.5, 0.6) is 34.5 Å². The second-order valence-electron chi connectivity index (χ2n) is 23.6. The second kappa shape index (κ2) is 29.6. The Balaban J connectivity index is 0.000000109. The maximum Gasteiger partial charge on any atom is 0.146 e. The summed E-state index contributed by atoms with van der Waals surface area (Å²) < 4.78 is 3.71. The van der Waals surface area contributed by atoms with Gasteiger partial charge in [0.05, 0.1) is 76.2 Å². The molecule has 0 unspecified atom stereocenters. The van der Waals surface area contributed by atoms with Crippen LogP contribution >= 0.6 is 100 Å². The van der Waals surface area contributed by atoms with Gasteiger partial charge in [0.2, 0.25) is 0 Å². The molecule has 0 bridgehead atoms. The fourth-order valence-corrected chi connectivity index (χ4v) is 14.6. The van der Waals surface area contributed by atoms with Crippen LogP contribution in [-0.4, -0.2) is 90.4 Å². The van der Waals surface area contributed by atoms with Crippen LogP contribution in [-0.2, 0) is 0 Å². The molecule has 18 rings (SSSR count). The van der Waals surface area contributed by atoms with Crippen molar-refractivity contribution >= 4 is 233 Å². The Morgan fingerprint density at radius 3 is 0.618 bits per heavy atom. The molecule has 0 aliphatic carbocycles. The van der Waals surface area contributed by atoms with Gasteiger partial charge in [0.15, 0.2) is 0 Å². The van der Waals surface area contributed by atoms with Crippen LogP contribution in [0.4, 0.5) is 0 Å². The van der Waals surface area contributed by atoms with Crippen molar-refractivity contribution in [2.45, 2.75) is 41.5 Å². The molecule has 0 spiro atoms. The van der Waals surface area contributed by atoms with Crippen LogP contribution in [0.25, 0.3) is 132 Å². The number of fused-ring (bicyclic) bond motifs is 12. The van der Waals surface area contributed by atoms with E-state index in [2.05, 4.69) is 137 Å². The van der Waals surface area contributed by atoms with E-state index in [1.807, 2.05) is 198 Å². The van der Waals surface area contributed by atoms with Crippen molar-refractivity contribution in [1.29, 1.82) is 0 Å². The highest BCUT2D eigenvalue weighted by atomic mass is 127. The van der Waals surface area contributed by atoms with Crippen molar-refractivity contribution < 1.29 is 30.6 Å². The van der Waals surface area contributed by atoms with Gasteiger partial charge in [-0.25, -0.2) is 59.8 Å². The van der Waals surface area contributed by atoms with Gasteiger partial charge >= 0.3 is 0 Å². The predicted molar refractivity (Wildman–Crippen MR) is 432 cm³/mol.